The van der Waals surface area contributed by atoms with Crippen LogP contribution in [0.15, 0.2) is 54.7 Å². The Hall–Kier alpha value is -2.38. The van der Waals surface area contributed by atoms with Gasteiger partial charge >= 0.3 is 6.18 Å². The molecule has 1 atom stereocenters. The minimum absolute atomic E-state index is 0.176. The Bertz CT molecular complexity index is 850. The summed E-state index contributed by atoms with van der Waals surface area (Å²) >= 11 is 11.8. The Balaban J connectivity index is 2.20. The topological polar surface area (TPSA) is 47.6 Å². The lowest BCUT2D eigenvalue weighted by molar-refractivity contribution is -0.137. The lowest BCUT2D eigenvalue weighted by Gasteiger charge is -2.21. The largest absolute Gasteiger partial charge is 0.486 e. The summed E-state index contributed by atoms with van der Waals surface area (Å²) in [5.41, 5.74) is -0.531. The number of hydrogen-bond donors (Lipinski definition) is 1. The molecule has 1 N–H and O–H groups in total. The zero-order valence-corrected chi connectivity index (χ0v) is 16.9. The van der Waals surface area contributed by atoms with E-state index in [4.69, 9.17) is 32.7 Å². The Morgan fingerprint density at radius 3 is 2.28 bits per heavy atom. The van der Waals surface area contributed by atoms with Crippen molar-refractivity contribution in [2.75, 3.05) is 6.61 Å². The highest BCUT2D eigenvalue weighted by atomic mass is 35.5. The minimum atomic E-state index is -4.61. The second kappa shape index (κ2) is 9.89. The van der Waals surface area contributed by atoms with Crippen molar-refractivity contribution in [3.8, 4) is 11.5 Å². The molecule has 9 heteroatoms. The van der Waals surface area contributed by atoms with E-state index in [9.17, 15) is 18.0 Å². The molecule has 0 spiro atoms. The summed E-state index contributed by atoms with van der Waals surface area (Å²) in [6.07, 6.45) is -5.22. The average Bonchev–Trinajstić information content (AvgIpc) is 2.66. The number of carbonyl (C=O) groups is 1. The summed E-state index contributed by atoms with van der Waals surface area (Å²) < 4.78 is 49.7. The first-order valence-electron chi connectivity index (χ1n) is 8.51. The number of carbonyl (C=O) groups excluding carboxylic acids is 1. The third kappa shape index (κ3) is 6.58. The minimum Gasteiger partial charge on any atom is -0.486 e. The number of halogens is 5. The normalized spacial score (nSPS) is 12.2. The summed E-state index contributed by atoms with van der Waals surface area (Å²) in [4.78, 5) is 12.5. The van der Waals surface area contributed by atoms with Gasteiger partial charge < -0.3 is 14.8 Å². The van der Waals surface area contributed by atoms with Crippen molar-refractivity contribution >= 4 is 29.1 Å². The van der Waals surface area contributed by atoms with Crippen LogP contribution in [0.3, 0.4) is 0 Å². The van der Waals surface area contributed by atoms with Crippen molar-refractivity contribution in [2.24, 2.45) is 0 Å². The van der Waals surface area contributed by atoms with Crippen molar-refractivity contribution < 1.29 is 27.4 Å². The smallest absolute Gasteiger partial charge is 0.416 e. The van der Waals surface area contributed by atoms with E-state index in [1.165, 1.54) is 0 Å². The molecule has 0 saturated carbocycles. The zero-order valence-electron chi connectivity index (χ0n) is 15.4. The lowest BCUT2D eigenvalue weighted by atomic mass is 10.2. The van der Waals surface area contributed by atoms with E-state index < -0.39 is 23.8 Å². The fraction of sp³-hybridized carbons (Fsp3) is 0.250. The van der Waals surface area contributed by atoms with Gasteiger partial charge in [-0.3, -0.25) is 4.79 Å². The molecule has 0 bridgehead atoms. The van der Waals surface area contributed by atoms with Gasteiger partial charge in [0.2, 0.25) is 6.10 Å². The molecular weight excluding hydrogens is 430 g/mol. The molecule has 2 rings (SSSR count). The van der Waals surface area contributed by atoms with Gasteiger partial charge in [0.25, 0.3) is 5.91 Å². The molecule has 29 heavy (non-hydrogen) atoms. The molecule has 2 aromatic carbocycles. The molecule has 156 valence electrons. The SMILES string of the molecule is C=C(CC)NC(=O)C(COc1c(Cl)cc(C(F)(F)F)cc1Cl)Oc1ccccc1. The van der Waals surface area contributed by atoms with Gasteiger partial charge in [-0.15, -0.1) is 0 Å². The first-order chi connectivity index (χ1) is 13.6. The number of allylic oxidation sites excluding steroid dienone is 1. The van der Waals surface area contributed by atoms with E-state index in [2.05, 4.69) is 11.9 Å². The van der Waals surface area contributed by atoms with Crippen molar-refractivity contribution in [1.82, 2.24) is 5.32 Å². The molecule has 0 aliphatic carbocycles. The summed E-state index contributed by atoms with van der Waals surface area (Å²) in [5, 5.41) is 1.93. The molecule has 0 radical (unpaired) electrons. The molecule has 0 heterocycles. The third-order valence-electron chi connectivity index (χ3n) is 3.75. The third-order valence-corrected chi connectivity index (χ3v) is 4.31. The van der Waals surface area contributed by atoms with Crippen LogP contribution in [0.5, 0.6) is 11.5 Å². The standard InChI is InChI=1S/C20H18Cl2F3NO3/c1-3-12(2)26-19(27)17(29-14-7-5-4-6-8-14)11-28-18-15(21)9-13(10-16(18)22)20(23,24)25/h4-10,17H,2-3,11H2,1H3,(H,26,27). The maximum atomic E-state index is 12.9. The van der Waals surface area contributed by atoms with E-state index in [0.29, 0.717) is 30.0 Å². The van der Waals surface area contributed by atoms with Crippen LogP contribution in [0.4, 0.5) is 13.2 Å². The number of benzene rings is 2. The number of para-hydroxylation sites is 1. The molecule has 1 unspecified atom stereocenters. The highest BCUT2D eigenvalue weighted by Crippen LogP contribution is 2.40. The van der Waals surface area contributed by atoms with Crippen LogP contribution in [0.1, 0.15) is 18.9 Å². The van der Waals surface area contributed by atoms with E-state index >= 15 is 0 Å². The summed E-state index contributed by atoms with van der Waals surface area (Å²) in [7, 11) is 0. The van der Waals surface area contributed by atoms with E-state index in [1.54, 1.807) is 30.3 Å². The predicted octanol–water partition coefficient (Wildman–Crippen LogP) is 5.88. The highest BCUT2D eigenvalue weighted by molar-refractivity contribution is 6.37. The van der Waals surface area contributed by atoms with Crippen LogP contribution in [0.25, 0.3) is 0 Å². The molecule has 0 aliphatic rings. The van der Waals surface area contributed by atoms with Crippen LogP contribution in [-0.2, 0) is 11.0 Å². The monoisotopic (exact) mass is 447 g/mol. The molecule has 0 fully saturated rings. The molecular formula is C20H18Cl2F3NO3. The van der Waals surface area contributed by atoms with Gasteiger partial charge in [0, 0.05) is 5.70 Å². The van der Waals surface area contributed by atoms with Gasteiger partial charge in [-0.1, -0.05) is 54.9 Å². The van der Waals surface area contributed by atoms with Gasteiger partial charge in [0.1, 0.15) is 12.4 Å². The van der Waals surface area contributed by atoms with Crippen LogP contribution < -0.4 is 14.8 Å². The van der Waals surface area contributed by atoms with Crippen molar-refractivity contribution in [3.05, 3.63) is 70.3 Å². The number of amides is 1. The van der Waals surface area contributed by atoms with Gasteiger partial charge in [-0.25, -0.2) is 0 Å². The van der Waals surface area contributed by atoms with Crippen molar-refractivity contribution in [3.63, 3.8) is 0 Å². The first-order valence-corrected chi connectivity index (χ1v) is 9.26. The number of hydrogen-bond acceptors (Lipinski definition) is 3. The first kappa shape index (κ1) is 22.9. The second-order valence-corrected chi connectivity index (χ2v) is 6.76. The van der Waals surface area contributed by atoms with Crippen LogP contribution in [0.2, 0.25) is 10.0 Å². The molecule has 0 saturated heterocycles. The second-order valence-electron chi connectivity index (χ2n) is 5.94. The Morgan fingerprint density at radius 2 is 1.76 bits per heavy atom. The maximum Gasteiger partial charge on any atom is 0.416 e. The van der Waals surface area contributed by atoms with E-state index in [1.807, 2.05) is 6.92 Å². The predicted molar refractivity (Wildman–Crippen MR) is 105 cm³/mol. The lowest BCUT2D eigenvalue weighted by Crippen LogP contribution is -2.41. The van der Waals surface area contributed by atoms with Gasteiger partial charge in [-0.2, -0.15) is 13.2 Å². The van der Waals surface area contributed by atoms with E-state index in [-0.39, 0.29) is 22.4 Å². The fourth-order valence-corrected chi connectivity index (χ4v) is 2.79. The molecule has 0 aromatic heterocycles. The average molecular weight is 448 g/mol. The molecule has 1 amide bonds. The van der Waals surface area contributed by atoms with E-state index in [0.717, 1.165) is 0 Å². The van der Waals surface area contributed by atoms with Gasteiger partial charge in [0.05, 0.1) is 15.6 Å². The molecule has 4 nitrogen and oxygen atoms in total. The summed E-state index contributed by atoms with van der Waals surface area (Å²) in [5.74, 6) is -0.298. The molecule has 2 aromatic rings. The zero-order chi connectivity index (χ0) is 21.6. The highest BCUT2D eigenvalue weighted by Gasteiger charge is 2.32. The fourth-order valence-electron chi connectivity index (χ4n) is 2.19. The maximum absolute atomic E-state index is 12.9. The Kier molecular flexibility index (Phi) is 7.81. The van der Waals surface area contributed by atoms with Gasteiger partial charge in [-0.05, 0) is 30.7 Å². The number of ether oxygens (including phenoxy) is 2. The Morgan fingerprint density at radius 1 is 1.17 bits per heavy atom. The number of rotatable bonds is 8. The van der Waals surface area contributed by atoms with Crippen LogP contribution >= 0.6 is 23.2 Å². The molecule has 0 aliphatic heterocycles. The van der Waals surface area contributed by atoms with Crippen LogP contribution in [-0.4, -0.2) is 18.6 Å². The summed E-state index contributed by atoms with van der Waals surface area (Å²) in [6, 6.07) is 9.92. The van der Waals surface area contributed by atoms with Gasteiger partial charge in [0.15, 0.2) is 5.75 Å². The quantitative estimate of drug-likeness (QED) is 0.549. The number of alkyl halides is 3. The van der Waals surface area contributed by atoms with Crippen molar-refractivity contribution in [2.45, 2.75) is 25.6 Å². The van der Waals surface area contributed by atoms with Crippen LogP contribution in [0, 0.1) is 0 Å². The Labute approximate surface area is 176 Å². The van der Waals surface area contributed by atoms with Crippen molar-refractivity contribution in [1.29, 1.82) is 0 Å². The number of nitrogens with one attached hydrogen (secondary N) is 1. The summed E-state index contributed by atoms with van der Waals surface area (Å²) in [6.45, 7) is 5.17.